The maximum atomic E-state index is 12.5. The van der Waals surface area contributed by atoms with E-state index in [0.717, 1.165) is 37.7 Å². The third kappa shape index (κ3) is 4.48. The predicted octanol–water partition coefficient (Wildman–Crippen LogP) is 2.14. The fourth-order valence-corrected chi connectivity index (χ4v) is 2.88. The van der Waals surface area contributed by atoms with Crippen LogP contribution in [-0.2, 0) is 11.2 Å². The van der Waals surface area contributed by atoms with Crippen LogP contribution in [-0.4, -0.2) is 34.4 Å². The minimum Gasteiger partial charge on any atom is -0.409 e. The van der Waals surface area contributed by atoms with Crippen LogP contribution in [0.5, 0.6) is 0 Å². The van der Waals surface area contributed by atoms with E-state index in [4.69, 9.17) is 10.9 Å². The van der Waals surface area contributed by atoms with Gasteiger partial charge < -0.3 is 15.8 Å². The number of hydrogen-bond acceptors (Lipinski definition) is 3. The summed E-state index contributed by atoms with van der Waals surface area (Å²) < 4.78 is 0. The highest BCUT2D eigenvalue weighted by molar-refractivity contribution is 5.87. The van der Waals surface area contributed by atoms with Crippen molar-refractivity contribution in [1.82, 2.24) is 4.90 Å². The van der Waals surface area contributed by atoms with Crippen LogP contribution >= 0.6 is 0 Å². The van der Waals surface area contributed by atoms with E-state index < -0.39 is 0 Å². The number of aryl methyl sites for hydroxylation is 1. The molecule has 2 rings (SSSR count). The van der Waals surface area contributed by atoms with Gasteiger partial charge in [-0.25, -0.2) is 0 Å². The topological polar surface area (TPSA) is 78.9 Å². The molecule has 0 spiro atoms. The Morgan fingerprint density at radius 2 is 1.95 bits per heavy atom. The molecule has 1 aromatic rings. The fraction of sp³-hybridized carbons (Fsp3) is 0.500. The first-order valence-electron chi connectivity index (χ1n) is 7.50. The number of carbonyl (C=O) groups excluding carboxylic acids is 1. The molecule has 1 aliphatic carbocycles. The van der Waals surface area contributed by atoms with Crippen molar-refractivity contribution in [2.75, 3.05) is 6.54 Å². The monoisotopic (exact) mass is 289 g/mol. The van der Waals surface area contributed by atoms with Crippen LogP contribution in [0.3, 0.4) is 0 Å². The van der Waals surface area contributed by atoms with Crippen molar-refractivity contribution in [3.63, 3.8) is 0 Å². The quantitative estimate of drug-likeness (QED) is 0.364. The van der Waals surface area contributed by atoms with Crippen molar-refractivity contribution in [2.24, 2.45) is 10.9 Å². The first kappa shape index (κ1) is 15.4. The zero-order valence-corrected chi connectivity index (χ0v) is 12.2. The number of nitrogens with zero attached hydrogens (tertiary/aromatic N) is 2. The van der Waals surface area contributed by atoms with Gasteiger partial charge in [0.1, 0.15) is 0 Å². The van der Waals surface area contributed by atoms with Crippen LogP contribution in [0.1, 0.15) is 37.7 Å². The maximum Gasteiger partial charge on any atom is 0.223 e. The summed E-state index contributed by atoms with van der Waals surface area (Å²) in [5.74, 6) is 0.173. The molecule has 114 valence electrons. The first-order valence-corrected chi connectivity index (χ1v) is 7.50. The van der Waals surface area contributed by atoms with Gasteiger partial charge in [-0.1, -0.05) is 48.3 Å². The Labute approximate surface area is 125 Å². The number of amidine groups is 1. The van der Waals surface area contributed by atoms with Crippen LogP contribution in [0.4, 0.5) is 0 Å². The second-order valence-corrected chi connectivity index (χ2v) is 5.54. The minimum absolute atomic E-state index is 0.0809. The van der Waals surface area contributed by atoms with Crippen molar-refractivity contribution in [3.8, 4) is 0 Å². The first-order chi connectivity index (χ1) is 10.2. The molecule has 0 atom stereocenters. The summed E-state index contributed by atoms with van der Waals surface area (Å²) in [4.78, 5) is 14.3. The van der Waals surface area contributed by atoms with Crippen molar-refractivity contribution in [1.29, 1.82) is 0 Å². The zero-order chi connectivity index (χ0) is 15.1. The van der Waals surface area contributed by atoms with Gasteiger partial charge in [-0.2, -0.15) is 0 Å². The number of carbonyl (C=O) groups is 1. The van der Waals surface area contributed by atoms with Gasteiger partial charge in [0.15, 0.2) is 5.84 Å². The molecule has 0 aliphatic heterocycles. The van der Waals surface area contributed by atoms with Crippen molar-refractivity contribution >= 4 is 11.7 Å². The van der Waals surface area contributed by atoms with Crippen molar-refractivity contribution < 1.29 is 10.0 Å². The molecule has 0 bridgehead atoms. The van der Waals surface area contributed by atoms with Crippen molar-refractivity contribution in [3.05, 3.63) is 35.9 Å². The normalized spacial score (nSPS) is 16.1. The van der Waals surface area contributed by atoms with E-state index in [-0.39, 0.29) is 24.3 Å². The fourth-order valence-electron chi connectivity index (χ4n) is 2.88. The van der Waals surface area contributed by atoms with Gasteiger partial charge in [0, 0.05) is 12.5 Å². The summed E-state index contributed by atoms with van der Waals surface area (Å²) in [5.41, 5.74) is 6.75. The van der Waals surface area contributed by atoms with Gasteiger partial charge in [0.25, 0.3) is 0 Å². The van der Waals surface area contributed by atoms with Gasteiger partial charge in [-0.15, -0.1) is 0 Å². The molecule has 0 radical (unpaired) electrons. The van der Waals surface area contributed by atoms with E-state index in [9.17, 15) is 4.79 Å². The van der Waals surface area contributed by atoms with E-state index in [1.54, 1.807) is 4.90 Å². The number of rotatable bonds is 6. The number of hydrogen-bond donors (Lipinski definition) is 2. The van der Waals surface area contributed by atoms with Gasteiger partial charge in [-0.3, -0.25) is 4.79 Å². The largest absolute Gasteiger partial charge is 0.409 e. The number of amides is 1. The van der Waals surface area contributed by atoms with E-state index in [1.807, 2.05) is 30.3 Å². The Morgan fingerprint density at radius 1 is 1.29 bits per heavy atom. The van der Waals surface area contributed by atoms with Gasteiger partial charge >= 0.3 is 0 Å². The van der Waals surface area contributed by atoms with Crippen molar-refractivity contribution in [2.45, 2.75) is 44.6 Å². The summed E-state index contributed by atoms with van der Waals surface area (Å²) in [6, 6.07) is 10.2. The molecular weight excluding hydrogens is 266 g/mol. The molecule has 21 heavy (non-hydrogen) atoms. The van der Waals surface area contributed by atoms with Crippen LogP contribution < -0.4 is 5.73 Å². The van der Waals surface area contributed by atoms with Gasteiger partial charge in [0.05, 0.1) is 6.54 Å². The average Bonchev–Trinajstić information content (AvgIpc) is 3.05. The van der Waals surface area contributed by atoms with E-state index in [1.165, 1.54) is 0 Å². The zero-order valence-electron chi connectivity index (χ0n) is 12.2. The molecule has 1 amide bonds. The molecule has 0 heterocycles. The lowest BCUT2D eigenvalue weighted by Gasteiger charge is -2.28. The van der Waals surface area contributed by atoms with Crippen LogP contribution in [0.25, 0.3) is 0 Å². The molecule has 5 nitrogen and oxygen atoms in total. The third-order valence-electron chi connectivity index (χ3n) is 4.02. The van der Waals surface area contributed by atoms with Gasteiger partial charge in [0.2, 0.25) is 5.91 Å². The molecule has 0 saturated heterocycles. The lowest BCUT2D eigenvalue weighted by Crippen LogP contribution is -2.44. The molecule has 5 heteroatoms. The number of nitrogens with two attached hydrogens (primary N) is 1. The second-order valence-electron chi connectivity index (χ2n) is 5.54. The Kier molecular flexibility index (Phi) is 5.60. The Hall–Kier alpha value is -2.04. The van der Waals surface area contributed by atoms with E-state index in [2.05, 4.69) is 5.16 Å². The highest BCUT2D eigenvalue weighted by atomic mass is 16.4. The minimum atomic E-state index is 0.0809. The molecule has 1 aliphatic rings. The lowest BCUT2D eigenvalue weighted by atomic mass is 10.1. The molecule has 1 saturated carbocycles. The lowest BCUT2D eigenvalue weighted by molar-refractivity contribution is -0.132. The number of oxime groups is 1. The summed E-state index contributed by atoms with van der Waals surface area (Å²) >= 11 is 0. The van der Waals surface area contributed by atoms with Gasteiger partial charge in [-0.05, 0) is 24.8 Å². The van der Waals surface area contributed by atoms with Crippen LogP contribution in [0, 0.1) is 0 Å². The maximum absolute atomic E-state index is 12.5. The second kappa shape index (κ2) is 7.67. The smallest absolute Gasteiger partial charge is 0.223 e. The average molecular weight is 289 g/mol. The predicted molar refractivity (Wildman–Crippen MR) is 82.1 cm³/mol. The molecule has 3 N–H and O–H groups in total. The van der Waals surface area contributed by atoms with Crippen LogP contribution in [0.15, 0.2) is 35.5 Å². The summed E-state index contributed by atoms with van der Waals surface area (Å²) in [5, 5.41) is 11.7. The third-order valence-corrected chi connectivity index (χ3v) is 4.02. The Balaban J connectivity index is 1.96. The van der Waals surface area contributed by atoms with Crippen LogP contribution in [0.2, 0.25) is 0 Å². The molecular formula is C16H23N3O2. The van der Waals surface area contributed by atoms with E-state index in [0.29, 0.717) is 6.42 Å². The number of benzene rings is 1. The highest BCUT2D eigenvalue weighted by Gasteiger charge is 2.27. The molecule has 0 aromatic heterocycles. The summed E-state index contributed by atoms with van der Waals surface area (Å²) in [6.07, 6.45) is 5.48. The Morgan fingerprint density at radius 3 is 2.57 bits per heavy atom. The Bertz CT molecular complexity index is 482. The molecule has 1 fully saturated rings. The van der Waals surface area contributed by atoms with E-state index >= 15 is 0 Å². The highest BCUT2D eigenvalue weighted by Crippen LogP contribution is 2.24. The molecule has 1 aromatic carbocycles. The standard InChI is InChI=1S/C16H23N3O2/c17-15(18-21)12-19(14-8-4-5-9-14)16(20)11-10-13-6-2-1-3-7-13/h1-3,6-7,14,21H,4-5,8-12H2,(H2,17,18). The SMILES string of the molecule is NC(CN(C(=O)CCc1ccccc1)C1CCCC1)=NO. The summed E-state index contributed by atoms with van der Waals surface area (Å²) in [6.45, 7) is 0.217. The molecule has 0 unspecified atom stereocenters. The summed E-state index contributed by atoms with van der Waals surface area (Å²) in [7, 11) is 0.